The van der Waals surface area contributed by atoms with E-state index in [0.717, 1.165) is 0 Å². The first-order valence-corrected chi connectivity index (χ1v) is 11.4. The van der Waals surface area contributed by atoms with Crippen molar-refractivity contribution >= 4 is 23.5 Å². The molecule has 0 radical (unpaired) electrons. The van der Waals surface area contributed by atoms with Gasteiger partial charge < -0.3 is 34.3 Å². The van der Waals surface area contributed by atoms with Gasteiger partial charge in [-0.1, -0.05) is 20.4 Å². The first kappa shape index (κ1) is 22.6. The molecule has 0 unspecified atom stereocenters. The van der Waals surface area contributed by atoms with Gasteiger partial charge in [0.15, 0.2) is 11.7 Å². The van der Waals surface area contributed by atoms with Crippen molar-refractivity contribution in [2.24, 2.45) is 23.2 Å². The summed E-state index contributed by atoms with van der Waals surface area (Å²) in [4.78, 5) is 24.9. The van der Waals surface area contributed by atoms with Crippen LogP contribution in [0.4, 0.5) is 0 Å². The van der Waals surface area contributed by atoms with E-state index in [1.54, 1.807) is 13.8 Å². The lowest BCUT2D eigenvalue weighted by Gasteiger charge is -2.54. The summed E-state index contributed by atoms with van der Waals surface area (Å²) >= 11 is 6.66. The third-order valence-electron chi connectivity index (χ3n) is 8.58. The first-order valence-electron chi connectivity index (χ1n) is 11.0. The van der Waals surface area contributed by atoms with E-state index in [2.05, 4.69) is 6.58 Å². The Bertz CT molecular complexity index is 879. The van der Waals surface area contributed by atoms with Gasteiger partial charge >= 0.3 is 11.9 Å². The molecular weight excluding hydrogens is 444 g/mol. The number of ether oxygens (including phenoxy) is 4. The number of carbonyl (C=O) groups is 2. The van der Waals surface area contributed by atoms with E-state index >= 15 is 0 Å². The molecule has 5 aliphatic rings. The Morgan fingerprint density at radius 3 is 2.47 bits per heavy atom. The molecule has 5 fully saturated rings. The van der Waals surface area contributed by atoms with Crippen LogP contribution in [0.2, 0.25) is 0 Å². The number of aliphatic hydroxyl groups is 3. The fourth-order valence-corrected chi connectivity index (χ4v) is 6.96. The van der Waals surface area contributed by atoms with Crippen LogP contribution in [0.25, 0.3) is 0 Å². The SMILES string of the molecule is C=C1[C@H]2O[C@H]2[C@@H](O)[C@]2(C)[C@H]([C@@H](C)[C@@H](O)[C@@H]3O[C@@H]32)[C@@H](OC(C)=O)[C@]2(O)[C@@H](C)C(=O)O[C@H]2[C@H]1Cl. The summed E-state index contributed by atoms with van der Waals surface area (Å²) in [5.74, 6) is -3.83. The van der Waals surface area contributed by atoms with E-state index in [1.807, 2.05) is 0 Å². The highest BCUT2D eigenvalue weighted by Crippen LogP contribution is 2.62. The fourth-order valence-electron chi connectivity index (χ4n) is 6.58. The summed E-state index contributed by atoms with van der Waals surface area (Å²) in [7, 11) is 0. The zero-order chi connectivity index (χ0) is 23.5. The van der Waals surface area contributed by atoms with Crippen molar-refractivity contribution in [2.75, 3.05) is 0 Å². The molecule has 3 aliphatic heterocycles. The number of epoxide rings is 2. The van der Waals surface area contributed by atoms with Gasteiger partial charge in [-0.3, -0.25) is 9.59 Å². The second-order valence-electron chi connectivity index (χ2n) is 10.2. The van der Waals surface area contributed by atoms with E-state index in [1.165, 1.54) is 13.8 Å². The van der Waals surface area contributed by atoms with Gasteiger partial charge in [-0.2, -0.15) is 0 Å². The molecule has 0 amide bonds. The number of fused-ring (bicyclic) bond motifs is 5. The lowest BCUT2D eigenvalue weighted by molar-refractivity contribution is -0.221. The number of aliphatic hydroxyl groups excluding tert-OH is 2. The van der Waals surface area contributed by atoms with Crippen LogP contribution in [0.1, 0.15) is 27.7 Å². The van der Waals surface area contributed by atoms with Crippen molar-refractivity contribution in [1.82, 2.24) is 0 Å². The Hall–Kier alpha value is -1.23. The van der Waals surface area contributed by atoms with Crippen LogP contribution >= 0.6 is 11.6 Å². The Labute approximate surface area is 190 Å². The Balaban J connectivity index is 1.73. The minimum Gasteiger partial charge on any atom is -0.459 e. The number of hydrogen-bond donors (Lipinski definition) is 3. The molecule has 9 nitrogen and oxygen atoms in total. The monoisotopic (exact) mass is 472 g/mol. The quantitative estimate of drug-likeness (QED) is 0.207. The molecule has 0 aromatic heterocycles. The molecular formula is C22H29ClO9. The van der Waals surface area contributed by atoms with Gasteiger partial charge in [0.1, 0.15) is 24.4 Å². The molecule has 3 N–H and O–H groups in total. The lowest BCUT2D eigenvalue weighted by atomic mass is 9.53. The topological polar surface area (TPSA) is 138 Å². The molecule has 178 valence electrons. The molecule has 0 spiro atoms. The standard InChI is InChI=1S/C22H29ClO9/c1-6-10-17(29-9(4)24)22(28)8(3)20(27)32-18(22)11(23)7(2)13-15(30-13)16(26)21(10,5)19-14(31-19)12(6)25/h6,8,10-19,25-26,28H,2H2,1,3-5H3/t6-,8+,10-,11+,12-,13-,14+,15-,16-,17-,18+,19+,21+,22-/m1/s1. The van der Waals surface area contributed by atoms with Gasteiger partial charge in [0.05, 0.1) is 29.6 Å². The van der Waals surface area contributed by atoms with Crippen molar-refractivity contribution in [3.05, 3.63) is 12.2 Å². The Morgan fingerprint density at radius 2 is 1.84 bits per heavy atom. The smallest absolute Gasteiger partial charge is 0.312 e. The predicted molar refractivity (Wildman–Crippen MR) is 108 cm³/mol. The van der Waals surface area contributed by atoms with E-state index in [9.17, 15) is 24.9 Å². The number of alkyl halides is 1. The minimum absolute atomic E-state index is 0.363. The highest BCUT2D eigenvalue weighted by molar-refractivity contribution is 6.23. The van der Waals surface area contributed by atoms with Gasteiger partial charge in [0, 0.05) is 18.3 Å². The molecule has 0 aromatic carbocycles. The fraction of sp³-hybridized carbons (Fsp3) is 0.818. The van der Waals surface area contributed by atoms with Crippen LogP contribution in [0.5, 0.6) is 0 Å². The predicted octanol–water partition coefficient (Wildman–Crippen LogP) is -0.0833. The maximum atomic E-state index is 12.7. The number of carbonyl (C=O) groups excluding carboxylic acids is 2. The largest absolute Gasteiger partial charge is 0.459 e. The first-order chi connectivity index (χ1) is 14.9. The number of hydrogen-bond acceptors (Lipinski definition) is 9. The average Bonchev–Trinajstić information content (AvgIpc) is 3.64. The molecule has 14 atom stereocenters. The molecule has 5 rings (SSSR count). The Morgan fingerprint density at radius 1 is 1.19 bits per heavy atom. The number of rotatable bonds is 1. The summed E-state index contributed by atoms with van der Waals surface area (Å²) in [5, 5.41) is 33.5. The normalized spacial score (nSPS) is 58.5. The molecule has 10 heteroatoms. The van der Waals surface area contributed by atoms with E-state index in [0.29, 0.717) is 5.57 Å². The van der Waals surface area contributed by atoms with E-state index in [-0.39, 0.29) is 0 Å². The molecule has 3 saturated heterocycles. The second-order valence-corrected chi connectivity index (χ2v) is 10.7. The Kier molecular flexibility index (Phi) is 4.86. The van der Waals surface area contributed by atoms with Crippen molar-refractivity contribution < 1.29 is 43.9 Å². The summed E-state index contributed by atoms with van der Waals surface area (Å²) < 4.78 is 22.8. The van der Waals surface area contributed by atoms with Crippen LogP contribution in [0, 0.1) is 23.2 Å². The number of halogens is 1. The highest BCUT2D eigenvalue weighted by Gasteiger charge is 2.76. The van der Waals surface area contributed by atoms with Crippen molar-refractivity contribution in [3.63, 3.8) is 0 Å². The van der Waals surface area contributed by atoms with Crippen molar-refractivity contribution in [1.29, 1.82) is 0 Å². The van der Waals surface area contributed by atoms with Crippen LogP contribution in [0.3, 0.4) is 0 Å². The van der Waals surface area contributed by atoms with Gasteiger partial charge in [0.2, 0.25) is 0 Å². The molecule has 2 saturated carbocycles. The van der Waals surface area contributed by atoms with Crippen LogP contribution < -0.4 is 0 Å². The van der Waals surface area contributed by atoms with E-state index in [4.69, 9.17) is 30.5 Å². The van der Waals surface area contributed by atoms with Crippen molar-refractivity contribution in [3.8, 4) is 0 Å². The second kappa shape index (κ2) is 6.90. The maximum absolute atomic E-state index is 12.7. The third kappa shape index (κ3) is 2.69. The van der Waals surface area contributed by atoms with Crippen LogP contribution in [0.15, 0.2) is 12.2 Å². The molecule has 32 heavy (non-hydrogen) atoms. The average molecular weight is 473 g/mol. The molecule has 3 heterocycles. The van der Waals surface area contributed by atoms with E-state index < -0.39 is 94.9 Å². The highest BCUT2D eigenvalue weighted by atomic mass is 35.5. The van der Waals surface area contributed by atoms with Crippen LogP contribution in [-0.2, 0) is 28.5 Å². The third-order valence-corrected chi connectivity index (χ3v) is 9.09. The molecule has 0 aromatic rings. The lowest BCUT2D eigenvalue weighted by Crippen LogP contribution is -2.68. The van der Waals surface area contributed by atoms with Crippen LogP contribution in [-0.4, -0.2) is 87.1 Å². The maximum Gasteiger partial charge on any atom is 0.312 e. The van der Waals surface area contributed by atoms with Gasteiger partial charge in [-0.05, 0) is 18.4 Å². The molecule has 0 bridgehead atoms. The zero-order valence-electron chi connectivity index (χ0n) is 18.3. The summed E-state index contributed by atoms with van der Waals surface area (Å²) in [6, 6.07) is 0. The number of esters is 2. The summed E-state index contributed by atoms with van der Waals surface area (Å²) in [6.07, 6.45) is -6.87. The summed E-state index contributed by atoms with van der Waals surface area (Å²) in [5.41, 5.74) is -2.75. The van der Waals surface area contributed by atoms with Crippen molar-refractivity contribution in [2.45, 2.75) is 87.5 Å². The van der Waals surface area contributed by atoms with Gasteiger partial charge in [-0.15, -0.1) is 11.6 Å². The van der Waals surface area contributed by atoms with Gasteiger partial charge in [0.25, 0.3) is 0 Å². The van der Waals surface area contributed by atoms with Gasteiger partial charge in [-0.25, -0.2) is 0 Å². The zero-order valence-corrected chi connectivity index (χ0v) is 19.1. The molecule has 2 aliphatic carbocycles. The summed E-state index contributed by atoms with van der Waals surface area (Å²) in [6.45, 7) is 10.2. The minimum atomic E-state index is -2.04.